The van der Waals surface area contributed by atoms with Gasteiger partial charge in [0.2, 0.25) is 5.91 Å². The van der Waals surface area contributed by atoms with E-state index in [0.717, 1.165) is 12.8 Å². The van der Waals surface area contributed by atoms with Gasteiger partial charge in [-0.3, -0.25) is 4.79 Å². The number of ether oxygens (including phenoxy) is 1. The van der Waals surface area contributed by atoms with Crippen LogP contribution in [0.2, 0.25) is 0 Å². The minimum atomic E-state index is -0.794. The summed E-state index contributed by atoms with van der Waals surface area (Å²) in [4.78, 5) is 11.8. The van der Waals surface area contributed by atoms with Gasteiger partial charge in [-0.25, -0.2) is 0 Å². The van der Waals surface area contributed by atoms with Crippen LogP contribution in [0.5, 0.6) is 0 Å². The predicted molar refractivity (Wildman–Crippen MR) is 56.0 cm³/mol. The van der Waals surface area contributed by atoms with Crippen molar-refractivity contribution in [1.82, 2.24) is 5.32 Å². The average Bonchev–Trinajstić information content (AvgIpc) is 2.64. The first-order valence-electron chi connectivity index (χ1n) is 5.35. The van der Waals surface area contributed by atoms with Gasteiger partial charge in [0.1, 0.15) is 5.54 Å². The standard InChI is InChI=1S/C11H18N2O2/c1-4-9-8(5-6-15-9)10(14)13-11(2,3)7-12/h8-9H,4-6H2,1-3H3,(H,13,14). The van der Waals surface area contributed by atoms with Gasteiger partial charge in [0.05, 0.1) is 18.1 Å². The van der Waals surface area contributed by atoms with E-state index in [4.69, 9.17) is 10.00 Å². The monoisotopic (exact) mass is 210 g/mol. The number of hydrogen-bond donors (Lipinski definition) is 1. The van der Waals surface area contributed by atoms with Crippen LogP contribution in [-0.4, -0.2) is 24.2 Å². The normalized spacial score (nSPS) is 26.0. The molecular formula is C11H18N2O2. The molecule has 84 valence electrons. The first-order chi connectivity index (χ1) is 7.00. The Labute approximate surface area is 90.6 Å². The maximum atomic E-state index is 11.8. The van der Waals surface area contributed by atoms with Crippen molar-refractivity contribution in [3.8, 4) is 6.07 Å². The highest BCUT2D eigenvalue weighted by Crippen LogP contribution is 2.24. The zero-order chi connectivity index (χ0) is 11.5. The number of nitriles is 1. The third-order valence-electron chi connectivity index (χ3n) is 2.66. The number of carbonyl (C=O) groups excluding carboxylic acids is 1. The van der Waals surface area contributed by atoms with Crippen LogP contribution in [0, 0.1) is 17.2 Å². The Balaban J connectivity index is 2.58. The number of nitrogens with one attached hydrogen (secondary N) is 1. The molecule has 0 aromatic carbocycles. The van der Waals surface area contributed by atoms with Crippen LogP contribution in [0.15, 0.2) is 0 Å². The highest BCUT2D eigenvalue weighted by atomic mass is 16.5. The van der Waals surface area contributed by atoms with Crippen molar-refractivity contribution < 1.29 is 9.53 Å². The molecule has 1 aliphatic heterocycles. The lowest BCUT2D eigenvalue weighted by molar-refractivity contribution is -0.127. The van der Waals surface area contributed by atoms with E-state index < -0.39 is 5.54 Å². The Kier molecular flexibility index (Phi) is 3.70. The molecule has 1 aliphatic rings. The largest absolute Gasteiger partial charge is 0.377 e. The molecular weight excluding hydrogens is 192 g/mol. The van der Waals surface area contributed by atoms with Crippen LogP contribution < -0.4 is 5.32 Å². The zero-order valence-electron chi connectivity index (χ0n) is 9.54. The third kappa shape index (κ3) is 2.93. The molecule has 1 rings (SSSR count). The number of amides is 1. The van der Waals surface area contributed by atoms with Gasteiger partial charge < -0.3 is 10.1 Å². The topological polar surface area (TPSA) is 62.1 Å². The van der Waals surface area contributed by atoms with Crippen molar-refractivity contribution in [2.24, 2.45) is 5.92 Å². The van der Waals surface area contributed by atoms with Gasteiger partial charge in [-0.05, 0) is 26.7 Å². The van der Waals surface area contributed by atoms with Crippen molar-refractivity contribution in [3.63, 3.8) is 0 Å². The fraction of sp³-hybridized carbons (Fsp3) is 0.818. The van der Waals surface area contributed by atoms with Crippen molar-refractivity contribution in [2.75, 3.05) is 6.61 Å². The SMILES string of the molecule is CCC1OCCC1C(=O)NC(C)(C)C#N. The van der Waals surface area contributed by atoms with E-state index in [2.05, 4.69) is 11.4 Å². The summed E-state index contributed by atoms with van der Waals surface area (Å²) in [6.45, 7) is 6.04. The van der Waals surface area contributed by atoms with Gasteiger partial charge in [-0.15, -0.1) is 0 Å². The summed E-state index contributed by atoms with van der Waals surface area (Å²) >= 11 is 0. The summed E-state index contributed by atoms with van der Waals surface area (Å²) in [5.74, 6) is -0.159. The average molecular weight is 210 g/mol. The lowest BCUT2D eigenvalue weighted by Crippen LogP contribution is -2.46. The Morgan fingerprint density at radius 1 is 1.67 bits per heavy atom. The smallest absolute Gasteiger partial charge is 0.227 e. The van der Waals surface area contributed by atoms with Crippen molar-refractivity contribution in [3.05, 3.63) is 0 Å². The molecule has 1 fully saturated rings. The molecule has 0 spiro atoms. The van der Waals surface area contributed by atoms with Gasteiger partial charge >= 0.3 is 0 Å². The Hall–Kier alpha value is -1.08. The molecule has 0 radical (unpaired) electrons. The minimum absolute atomic E-state index is 0.0134. The van der Waals surface area contributed by atoms with Crippen molar-refractivity contribution in [2.45, 2.75) is 45.3 Å². The molecule has 4 nitrogen and oxygen atoms in total. The summed E-state index contributed by atoms with van der Waals surface area (Å²) in [6, 6.07) is 2.06. The van der Waals surface area contributed by atoms with Crippen LogP contribution >= 0.6 is 0 Å². The van der Waals surface area contributed by atoms with E-state index in [0.29, 0.717) is 6.61 Å². The molecule has 4 heteroatoms. The summed E-state index contributed by atoms with van der Waals surface area (Å²) in [5.41, 5.74) is -0.794. The van der Waals surface area contributed by atoms with Gasteiger partial charge in [-0.1, -0.05) is 6.92 Å². The third-order valence-corrected chi connectivity index (χ3v) is 2.66. The van der Waals surface area contributed by atoms with Crippen LogP contribution in [-0.2, 0) is 9.53 Å². The molecule has 2 unspecified atom stereocenters. The molecule has 0 saturated carbocycles. The highest BCUT2D eigenvalue weighted by Gasteiger charge is 2.34. The summed E-state index contributed by atoms with van der Waals surface area (Å²) in [6.07, 6.45) is 1.61. The van der Waals surface area contributed by atoms with E-state index in [9.17, 15) is 4.79 Å². The van der Waals surface area contributed by atoms with E-state index >= 15 is 0 Å². The molecule has 15 heavy (non-hydrogen) atoms. The van der Waals surface area contributed by atoms with Crippen molar-refractivity contribution in [1.29, 1.82) is 5.26 Å². The molecule has 1 saturated heterocycles. The maximum absolute atomic E-state index is 11.8. The number of rotatable bonds is 3. The molecule has 1 heterocycles. The summed E-state index contributed by atoms with van der Waals surface area (Å²) in [7, 11) is 0. The van der Waals surface area contributed by atoms with Crippen LogP contribution in [0.4, 0.5) is 0 Å². The van der Waals surface area contributed by atoms with E-state index in [-0.39, 0.29) is 17.9 Å². The van der Waals surface area contributed by atoms with Crippen LogP contribution in [0.25, 0.3) is 0 Å². The van der Waals surface area contributed by atoms with Crippen LogP contribution in [0.3, 0.4) is 0 Å². The first-order valence-corrected chi connectivity index (χ1v) is 5.35. The van der Waals surface area contributed by atoms with E-state index in [1.54, 1.807) is 13.8 Å². The summed E-state index contributed by atoms with van der Waals surface area (Å²) in [5, 5.41) is 11.5. The molecule has 0 aromatic heterocycles. The second kappa shape index (κ2) is 4.63. The quantitative estimate of drug-likeness (QED) is 0.761. The lowest BCUT2D eigenvalue weighted by Gasteiger charge is -2.22. The van der Waals surface area contributed by atoms with Crippen molar-refractivity contribution >= 4 is 5.91 Å². The second-order valence-corrected chi connectivity index (χ2v) is 4.44. The molecule has 1 N–H and O–H groups in total. The molecule has 2 atom stereocenters. The number of carbonyl (C=O) groups is 1. The maximum Gasteiger partial charge on any atom is 0.227 e. The Morgan fingerprint density at radius 3 is 2.87 bits per heavy atom. The molecule has 0 aromatic rings. The van der Waals surface area contributed by atoms with E-state index in [1.807, 2.05) is 6.92 Å². The number of hydrogen-bond acceptors (Lipinski definition) is 3. The predicted octanol–water partition coefficient (Wildman–Crippen LogP) is 1.22. The fourth-order valence-corrected chi connectivity index (χ4v) is 1.78. The van der Waals surface area contributed by atoms with Gasteiger partial charge in [0, 0.05) is 6.61 Å². The Morgan fingerprint density at radius 2 is 2.33 bits per heavy atom. The fourth-order valence-electron chi connectivity index (χ4n) is 1.78. The van der Waals surface area contributed by atoms with Gasteiger partial charge in [0.25, 0.3) is 0 Å². The van der Waals surface area contributed by atoms with Crippen LogP contribution in [0.1, 0.15) is 33.6 Å². The zero-order valence-corrected chi connectivity index (χ0v) is 9.54. The first kappa shape index (κ1) is 12.0. The molecule has 0 aliphatic carbocycles. The summed E-state index contributed by atoms with van der Waals surface area (Å²) < 4.78 is 5.44. The minimum Gasteiger partial charge on any atom is -0.377 e. The molecule has 1 amide bonds. The Bertz CT molecular complexity index is 281. The molecule has 0 bridgehead atoms. The van der Waals surface area contributed by atoms with E-state index in [1.165, 1.54) is 0 Å². The lowest BCUT2D eigenvalue weighted by atomic mass is 9.97. The second-order valence-electron chi connectivity index (χ2n) is 4.44. The highest BCUT2D eigenvalue weighted by molar-refractivity contribution is 5.80. The van der Waals surface area contributed by atoms with Gasteiger partial charge in [-0.2, -0.15) is 5.26 Å². The number of nitrogens with zero attached hydrogens (tertiary/aromatic N) is 1. The van der Waals surface area contributed by atoms with Gasteiger partial charge in [0.15, 0.2) is 0 Å².